The van der Waals surface area contributed by atoms with E-state index in [1.165, 1.54) is 0 Å². The Bertz CT molecular complexity index is 46.5. The number of carbonyl (C=O) groups is 1. The first-order chi connectivity index (χ1) is 3.15. The Morgan fingerprint density at radius 1 is 1.38 bits per heavy atom. The molecular formula is CCl2Fe2O3. The van der Waals surface area contributed by atoms with Crippen molar-refractivity contribution in [3.05, 3.63) is 0 Å². The van der Waals surface area contributed by atoms with E-state index in [1.807, 2.05) is 0 Å². The monoisotopic (exact) mass is 242 g/mol. The molecule has 0 aliphatic carbocycles. The predicted molar refractivity (Wildman–Crippen MR) is 17.1 cm³/mol. The average molecular weight is 243 g/mol. The summed E-state index contributed by atoms with van der Waals surface area (Å²) in [5, 5.41) is 16.7. The van der Waals surface area contributed by atoms with Crippen molar-refractivity contribution in [2.45, 2.75) is 0 Å². The molecule has 0 aromatic rings. The summed E-state index contributed by atoms with van der Waals surface area (Å²) in [7, 11) is 9.53. The van der Waals surface area contributed by atoms with Crippen LogP contribution in [0.4, 0.5) is 4.79 Å². The third kappa shape index (κ3) is 302. The van der Waals surface area contributed by atoms with Gasteiger partial charge >= 0.3 is 50.4 Å². The van der Waals surface area contributed by atoms with Gasteiger partial charge in [0.15, 0.2) is 0 Å². The molecule has 8 heavy (non-hydrogen) atoms. The third-order valence-electron chi connectivity index (χ3n) is 0. The molecule has 52 valence electrons. The van der Waals surface area contributed by atoms with Crippen LogP contribution in [0.1, 0.15) is 0 Å². The molecule has 0 fully saturated rings. The van der Waals surface area contributed by atoms with E-state index in [9.17, 15) is 0 Å². The second-order valence-electron chi connectivity index (χ2n) is 0.301. The van der Waals surface area contributed by atoms with Gasteiger partial charge in [-0.2, -0.15) is 0 Å². The molecule has 0 aliphatic heterocycles. The molecule has 3 nitrogen and oxygen atoms in total. The maximum Gasteiger partial charge on any atom is 2.00 e. The standard InChI is InChI=1S/CH2O3.2ClH.2Fe/c2-1(3)4;;;;/h(H2,2,3,4);2*1H;;/q;;;2*+2/p-4. The van der Waals surface area contributed by atoms with Crippen LogP contribution in [0.15, 0.2) is 0 Å². The largest absolute Gasteiger partial charge is 2.00 e. The molecule has 0 heterocycles. The molecule has 7 heteroatoms. The van der Waals surface area contributed by atoms with Crippen molar-refractivity contribution >= 4 is 26.4 Å². The quantitative estimate of drug-likeness (QED) is 0.508. The van der Waals surface area contributed by atoms with E-state index in [0.29, 0.717) is 0 Å². The Balaban J connectivity index is -0.0000000575. The summed E-state index contributed by atoms with van der Waals surface area (Å²) in [5.41, 5.74) is 0. The number of hydrogen-bond acceptors (Lipinski definition) is 3. The third-order valence-corrected chi connectivity index (χ3v) is 0. The molecule has 0 radical (unpaired) electrons. The van der Waals surface area contributed by atoms with Gasteiger partial charge < -0.3 is 15.0 Å². The minimum atomic E-state index is -2.33. The maximum atomic E-state index is 8.33. The fourth-order valence-corrected chi connectivity index (χ4v) is 0. The van der Waals surface area contributed by atoms with Crippen molar-refractivity contribution in [1.29, 1.82) is 0 Å². The second kappa shape index (κ2) is 15.7. The minimum absolute atomic E-state index is 0. The van der Waals surface area contributed by atoms with Gasteiger partial charge in [-0.15, -0.1) is 0 Å². The van der Waals surface area contributed by atoms with Crippen molar-refractivity contribution in [3.8, 4) is 0 Å². The smallest absolute Gasteiger partial charge is 2.00 e. The zero-order chi connectivity index (χ0) is 6.28. The molecule has 0 bridgehead atoms. The summed E-state index contributed by atoms with van der Waals surface area (Å²) >= 11 is 0.194. The van der Waals surface area contributed by atoms with Crippen molar-refractivity contribution < 1.29 is 45.2 Å². The average Bonchev–Trinajstić information content (AvgIpc) is 1.33. The molecule has 0 amide bonds. The summed E-state index contributed by atoms with van der Waals surface area (Å²) in [6.07, 6.45) is -2.33. The van der Waals surface area contributed by atoms with Crippen LogP contribution in [0.25, 0.3) is 0 Å². The van der Waals surface area contributed by atoms with Gasteiger partial charge in [-0.1, -0.05) is 0 Å². The fraction of sp³-hybridized carbons (Fsp3) is 0. The summed E-state index contributed by atoms with van der Waals surface area (Å²) in [4.78, 5) is 8.33. The maximum absolute atomic E-state index is 8.33. The topological polar surface area (TPSA) is 63.2 Å². The first-order valence-corrected chi connectivity index (χ1v) is 3.92. The van der Waals surface area contributed by atoms with E-state index < -0.39 is 6.16 Å². The second-order valence-corrected chi connectivity index (χ2v) is 2.12. The van der Waals surface area contributed by atoms with Crippen molar-refractivity contribution in [2.75, 3.05) is 0 Å². The summed E-state index contributed by atoms with van der Waals surface area (Å²) in [6, 6.07) is 0. The van der Waals surface area contributed by atoms with E-state index >= 15 is 0 Å². The van der Waals surface area contributed by atoms with Crippen LogP contribution in [-0.2, 0) is 30.2 Å². The first kappa shape index (κ1) is 16.0. The molecule has 0 aliphatic rings. The summed E-state index contributed by atoms with van der Waals surface area (Å²) < 4.78 is 0. The predicted octanol–water partition coefficient (Wildman–Crippen LogP) is -1.07. The number of carbonyl (C=O) groups excluding carboxylic acids is 1. The van der Waals surface area contributed by atoms with Gasteiger partial charge in [0.1, 0.15) is 0 Å². The molecule has 0 unspecified atom stereocenters. The zero-order valence-electron chi connectivity index (χ0n) is 3.19. The van der Waals surface area contributed by atoms with Crippen LogP contribution in [0, 0.1) is 0 Å². The van der Waals surface area contributed by atoms with Gasteiger partial charge in [0, 0.05) is 0 Å². The van der Waals surface area contributed by atoms with Crippen LogP contribution >= 0.6 is 20.2 Å². The number of hydrogen-bond donors (Lipinski definition) is 0. The van der Waals surface area contributed by atoms with Crippen molar-refractivity contribution in [2.24, 2.45) is 0 Å². The Morgan fingerprint density at radius 3 is 1.38 bits per heavy atom. The zero-order valence-corrected chi connectivity index (χ0v) is 6.91. The van der Waals surface area contributed by atoms with Crippen LogP contribution in [-0.4, -0.2) is 6.16 Å². The molecule has 0 saturated carbocycles. The Kier molecular flexibility index (Phi) is 31.2. The van der Waals surface area contributed by atoms with E-state index in [1.54, 1.807) is 0 Å². The molecule has 0 rings (SSSR count). The fourth-order valence-electron chi connectivity index (χ4n) is 0. The molecule has 0 atom stereocenters. The molecule has 0 aromatic carbocycles. The van der Waals surface area contributed by atoms with Gasteiger partial charge in [0.25, 0.3) is 0 Å². The van der Waals surface area contributed by atoms with E-state index in [2.05, 4.69) is 0 Å². The van der Waals surface area contributed by atoms with Gasteiger partial charge in [-0.3, -0.25) is 0 Å². The molecular weight excluding hydrogens is 243 g/mol. The van der Waals surface area contributed by atoms with Crippen LogP contribution in [0.3, 0.4) is 0 Å². The van der Waals surface area contributed by atoms with Crippen LogP contribution < -0.4 is 10.2 Å². The van der Waals surface area contributed by atoms with Crippen LogP contribution in [0.2, 0.25) is 0 Å². The van der Waals surface area contributed by atoms with Gasteiger partial charge in [-0.25, -0.2) is 0 Å². The molecule has 0 saturated heterocycles. The SMILES string of the molecule is O=C([O-])[O-].[Cl][Fe][Cl].[Fe+2]. The van der Waals surface area contributed by atoms with E-state index in [-0.39, 0.29) is 30.2 Å². The van der Waals surface area contributed by atoms with E-state index in [0.717, 1.165) is 0 Å². The number of halogens is 2. The summed E-state index contributed by atoms with van der Waals surface area (Å²) in [6.45, 7) is 0. The van der Waals surface area contributed by atoms with Gasteiger partial charge in [-0.05, 0) is 6.16 Å². The summed E-state index contributed by atoms with van der Waals surface area (Å²) in [5.74, 6) is 0. The Morgan fingerprint density at radius 2 is 1.38 bits per heavy atom. The van der Waals surface area contributed by atoms with Gasteiger partial charge in [0.2, 0.25) is 0 Å². The van der Waals surface area contributed by atoms with Crippen LogP contribution in [0.5, 0.6) is 0 Å². The first-order valence-electron chi connectivity index (χ1n) is 0.880. The molecule has 0 N–H and O–H groups in total. The van der Waals surface area contributed by atoms with Crippen molar-refractivity contribution in [1.82, 2.24) is 0 Å². The van der Waals surface area contributed by atoms with Gasteiger partial charge in [0.05, 0.1) is 0 Å². The van der Waals surface area contributed by atoms with E-state index in [4.69, 9.17) is 35.2 Å². The normalized spacial score (nSPS) is 5.75. The Labute approximate surface area is 71.4 Å². The minimum Gasteiger partial charge on any atom is 2.00 e. The van der Waals surface area contributed by atoms with Crippen molar-refractivity contribution in [3.63, 3.8) is 0 Å². The molecule has 0 aromatic heterocycles. The Hall–Kier alpha value is 0.889. The number of rotatable bonds is 0. The number of carboxylic acid groups (broad SMARTS) is 2. The molecule has 0 spiro atoms.